The molecule has 0 fully saturated rings. The van der Waals surface area contributed by atoms with Gasteiger partial charge in [0.25, 0.3) is 0 Å². The minimum absolute atomic E-state index is 0.303. The Morgan fingerprint density at radius 2 is 1.95 bits per heavy atom. The number of halogens is 1. The van der Waals surface area contributed by atoms with E-state index < -0.39 is 0 Å². The minimum atomic E-state index is -0.303. The average Bonchev–Trinajstić information content (AvgIpc) is 2.51. The first-order valence-corrected chi connectivity index (χ1v) is 9.16. The summed E-state index contributed by atoms with van der Waals surface area (Å²) in [6, 6.07) is 0.411. The van der Waals surface area contributed by atoms with Crippen LogP contribution in [0.3, 0.4) is 0 Å². The Morgan fingerprint density at radius 3 is 2.48 bits per heavy atom. The van der Waals surface area contributed by atoms with Crippen LogP contribution >= 0.6 is 11.8 Å². The van der Waals surface area contributed by atoms with E-state index in [1.54, 1.807) is 0 Å². The van der Waals surface area contributed by atoms with Crippen LogP contribution in [0.25, 0.3) is 0 Å². The summed E-state index contributed by atoms with van der Waals surface area (Å²) in [6.45, 7) is 9.45. The van der Waals surface area contributed by atoms with Gasteiger partial charge < -0.3 is 4.90 Å². The fourth-order valence-electron chi connectivity index (χ4n) is 2.39. The summed E-state index contributed by atoms with van der Waals surface area (Å²) in [5, 5.41) is 0.605. The van der Waals surface area contributed by atoms with Crippen molar-refractivity contribution in [3.8, 4) is 0 Å². The number of aryl methyl sites for hydroxylation is 1. The van der Waals surface area contributed by atoms with E-state index in [0.717, 1.165) is 25.8 Å². The maximum Gasteiger partial charge on any atom is 0.225 e. The Bertz CT molecular complexity index is 424. The summed E-state index contributed by atoms with van der Waals surface area (Å²) in [6.07, 6.45) is 7.22. The third-order valence-electron chi connectivity index (χ3n) is 3.96. The summed E-state index contributed by atoms with van der Waals surface area (Å²) in [7, 11) is 0. The SMILES string of the molecule is CCc1nc(N(CCC(C)SC)C(CC)CC)ncc1F. The topological polar surface area (TPSA) is 29.0 Å². The number of aromatic nitrogens is 2. The molecule has 0 saturated carbocycles. The molecule has 1 rings (SSSR count). The largest absolute Gasteiger partial charge is 0.338 e. The highest BCUT2D eigenvalue weighted by atomic mass is 32.2. The highest BCUT2D eigenvalue weighted by Crippen LogP contribution is 2.20. The molecule has 0 aliphatic rings. The lowest BCUT2D eigenvalue weighted by molar-refractivity contribution is 0.529. The summed E-state index contributed by atoms with van der Waals surface area (Å²) in [5.74, 6) is 0.374. The van der Waals surface area contributed by atoms with Crippen molar-refractivity contribution >= 4 is 17.7 Å². The van der Waals surface area contributed by atoms with Crippen molar-refractivity contribution in [1.29, 1.82) is 0 Å². The van der Waals surface area contributed by atoms with E-state index in [4.69, 9.17) is 0 Å². The number of hydrogen-bond acceptors (Lipinski definition) is 4. The quantitative estimate of drug-likeness (QED) is 0.679. The number of anilines is 1. The smallest absolute Gasteiger partial charge is 0.225 e. The van der Waals surface area contributed by atoms with Crippen molar-refractivity contribution in [2.24, 2.45) is 0 Å². The zero-order valence-electron chi connectivity index (χ0n) is 13.9. The minimum Gasteiger partial charge on any atom is -0.338 e. The molecule has 0 aromatic carbocycles. The molecule has 0 amide bonds. The molecular weight excluding hydrogens is 285 g/mol. The monoisotopic (exact) mass is 313 g/mol. The van der Waals surface area contributed by atoms with E-state index in [2.05, 4.69) is 41.9 Å². The Labute approximate surface area is 132 Å². The van der Waals surface area contributed by atoms with Crippen molar-refractivity contribution < 1.29 is 4.39 Å². The maximum absolute atomic E-state index is 13.6. The second-order valence-corrected chi connectivity index (χ2v) is 6.59. The van der Waals surface area contributed by atoms with Crippen LogP contribution in [0.2, 0.25) is 0 Å². The molecule has 3 nitrogen and oxygen atoms in total. The molecule has 0 saturated heterocycles. The lowest BCUT2D eigenvalue weighted by Gasteiger charge is -2.31. The van der Waals surface area contributed by atoms with Crippen molar-refractivity contribution in [2.75, 3.05) is 17.7 Å². The van der Waals surface area contributed by atoms with Crippen molar-refractivity contribution in [3.63, 3.8) is 0 Å². The first-order chi connectivity index (χ1) is 10.1. The lowest BCUT2D eigenvalue weighted by Crippen LogP contribution is -2.37. The van der Waals surface area contributed by atoms with Gasteiger partial charge in [-0.15, -0.1) is 0 Å². The van der Waals surface area contributed by atoms with E-state index >= 15 is 0 Å². The first kappa shape index (κ1) is 18.2. The molecule has 1 aromatic rings. The van der Waals surface area contributed by atoms with Gasteiger partial charge in [0.1, 0.15) is 0 Å². The van der Waals surface area contributed by atoms with Gasteiger partial charge in [-0.25, -0.2) is 14.4 Å². The van der Waals surface area contributed by atoms with E-state index in [1.165, 1.54) is 6.20 Å². The summed E-state index contributed by atoms with van der Waals surface area (Å²) >= 11 is 1.87. The Kier molecular flexibility index (Phi) is 8.01. The van der Waals surface area contributed by atoms with Crippen LogP contribution in [-0.4, -0.2) is 34.1 Å². The van der Waals surface area contributed by atoms with Crippen LogP contribution in [0.5, 0.6) is 0 Å². The summed E-state index contributed by atoms with van der Waals surface area (Å²) < 4.78 is 13.6. The second kappa shape index (κ2) is 9.23. The van der Waals surface area contributed by atoms with Crippen LogP contribution in [0.4, 0.5) is 10.3 Å². The van der Waals surface area contributed by atoms with E-state index in [1.807, 2.05) is 18.7 Å². The molecule has 1 unspecified atom stereocenters. The van der Waals surface area contributed by atoms with Crippen LogP contribution in [0.1, 0.15) is 52.7 Å². The molecule has 21 heavy (non-hydrogen) atoms. The molecule has 1 heterocycles. The third-order valence-corrected chi connectivity index (χ3v) is 5.00. The van der Waals surface area contributed by atoms with Crippen molar-refractivity contribution in [3.05, 3.63) is 17.7 Å². The number of hydrogen-bond donors (Lipinski definition) is 0. The summed E-state index contributed by atoms with van der Waals surface area (Å²) in [4.78, 5) is 10.9. The van der Waals surface area contributed by atoms with Crippen LogP contribution in [-0.2, 0) is 6.42 Å². The number of thioether (sulfide) groups is 1. The van der Waals surface area contributed by atoms with Crippen LogP contribution in [0, 0.1) is 5.82 Å². The molecule has 1 aromatic heterocycles. The average molecular weight is 313 g/mol. The van der Waals surface area contributed by atoms with Crippen molar-refractivity contribution in [2.45, 2.75) is 64.7 Å². The predicted octanol–water partition coefficient (Wildman–Crippen LogP) is 4.31. The van der Waals surface area contributed by atoms with Gasteiger partial charge in [0.2, 0.25) is 5.95 Å². The molecule has 120 valence electrons. The van der Waals surface area contributed by atoms with E-state index in [-0.39, 0.29) is 5.82 Å². The standard InChI is InChI=1S/C16H28FN3S/c1-6-13(7-2)20(10-9-12(4)21-5)16-18-11-14(17)15(8-3)19-16/h11-13H,6-10H2,1-5H3. The fraction of sp³-hybridized carbons (Fsp3) is 0.750. The van der Waals surface area contributed by atoms with Gasteiger partial charge >= 0.3 is 0 Å². The highest BCUT2D eigenvalue weighted by Gasteiger charge is 2.20. The van der Waals surface area contributed by atoms with Gasteiger partial charge in [-0.2, -0.15) is 11.8 Å². The molecular formula is C16H28FN3S. The molecule has 0 spiro atoms. The lowest BCUT2D eigenvalue weighted by atomic mass is 10.1. The predicted molar refractivity (Wildman–Crippen MR) is 90.7 cm³/mol. The molecule has 0 radical (unpaired) electrons. The zero-order chi connectivity index (χ0) is 15.8. The van der Waals surface area contributed by atoms with Crippen LogP contribution in [0.15, 0.2) is 6.20 Å². The van der Waals surface area contributed by atoms with Gasteiger partial charge in [-0.05, 0) is 31.9 Å². The zero-order valence-corrected chi connectivity index (χ0v) is 14.7. The molecule has 1 atom stereocenters. The van der Waals surface area contributed by atoms with Gasteiger partial charge in [-0.1, -0.05) is 27.7 Å². The number of rotatable bonds is 9. The third kappa shape index (κ3) is 5.13. The fourth-order valence-corrected chi connectivity index (χ4v) is 2.73. The van der Waals surface area contributed by atoms with Gasteiger partial charge in [0, 0.05) is 17.8 Å². The maximum atomic E-state index is 13.6. The number of nitrogens with zero attached hydrogens (tertiary/aromatic N) is 3. The normalized spacial score (nSPS) is 12.7. The Hall–Kier alpha value is -0.840. The molecule has 0 N–H and O–H groups in total. The second-order valence-electron chi connectivity index (χ2n) is 5.32. The Balaban J connectivity index is 2.99. The highest BCUT2D eigenvalue weighted by molar-refractivity contribution is 7.99. The molecule has 0 aliphatic heterocycles. The van der Waals surface area contributed by atoms with Gasteiger partial charge in [-0.3, -0.25) is 0 Å². The molecule has 0 aliphatic carbocycles. The summed E-state index contributed by atoms with van der Waals surface area (Å²) in [5.41, 5.74) is 0.508. The Morgan fingerprint density at radius 1 is 1.29 bits per heavy atom. The first-order valence-electron chi connectivity index (χ1n) is 7.88. The van der Waals surface area contributed by atoms with Gasteiger partial charge in [0.15, 0.2) is 5.82 Å². The molecule has 0 bridgehead atoms. The van der Waals surface area contributed by atoms with Crippen molar-refractivity contribution in [1.82, 2.24) is 9.97 Å². The van der Waals surface area contributed by atoms with Gasteiger partial charge in [0.05, 0.1) is 11.9 Å². The van der Waals surface area contributed by atoms with E-state index in [0.29, 0.717) is 29.4 Å². The molecule has 5 heteroatoms. The van der Waals surface area contributed by atoms with E-state index in [9.17, 15) is 4.39 Å². The van der Waals surface area contributed by atoms with Crippen LogP contribution < -0.4 is 4.90 Å².